The van der Waals surface area contributed by atoms with Crippen LogP contribution in [0.25, 0.3) is 0 Å². The Bertz CT molecular complexity index is 763. The molecule has 1 N–H and O–H groups in total. The molecule has 3 aliphatic rings. The average molecular weight is 321 g/mol. The van der Waals surface area contributed by atoms with Gasteiger partial charge in [0.2, 0.25) is 0 Å². The Labute approximate surface area is 143 Å². The highest BCUT2D eigenvalue weighted by atomic mass is 16.5. The second-order valence-corrected chi connectivity index (χ2v) is 7.23. The lowest BCUT2D eigenvalue weighted by molar-refractivity contribution is 0.480. The lowest BCUT2D eigenvalue weighted by atomic mass is 9.98. The summed E-state index contributed by atoms with van der Waals surface area (Å²) in [4.78, 5) is 4.66. The molecule has 0 saturated heterocycles. The molecule has 0 spiro atoms. The zero-order valence-electron chi connectivity index (χ0n) is 14.4. The van der Waals surface area contributed by atoms with E-state index >= 15 is 0 Å². The molecule has 3 heterocycles. The zero-order valence-corrected chi connectivity index (χ0v) is 14.4. The number of anilines is 4. The Kier molecular flexibility index (Phi) is 2.96. The quantitative estimate of drug-likeness (QED) is 0.668. The molecule has 0 aliphatic carbocycles. The average Bonchev–Trinajstić information content (AvgIpc) is 2.58. The van der Waals surface area contributed by atoms with Gasteiger partial charge in [0.1, 0.15) is 0 Å². The molecule has 124 valence electrons. The number of hydrogen-bond donors (Lipinski definition) is 1. The van der Waals surface area contributed by atoms with Crippen molar-refractivity contribution in [2.24, 2.45) is 0 Å². The lowest BCUT2D eigenvalue weighted by Crippen LogP contribution is -2.25. The van der Waals surface area contributed by atoms with Crippen molar-refractivity contribution in [3.05, 3.63) is 35.4 Å². The van der Waals surface area contributed by atoms with Crippen molar-refractivity contribution in [3.8, 4) is 11.5 Å². The summed E-state index contributed by atoms with van der Waals surface area (Å²) >= 11 is 0. The summed E-state index contributed by atoms with van der Waals surface area (Å²) in [5.41, 5.74) is 7.64. The first-order valence-electron chi connectivity index (χ1n) is 8.90. The molecule has 2 aromatic rings. The maximum atomic E-state index is 6.29. The molecule has 5 rings (SSSR count). The fourth-order valence-electron chi connectivity index (χ4n) is 4.22. The minimum Gasteiger partial charge on any atom is -0.453 e. The highest BCUT2D eigenvalue weighted by molar-refractivity contribution is 5.82. The van der Waals surface area contributed by atoms with Crippen molar-refractivity contribution in [1.29, 1.82) is 0 Å². The molecule has 0 bridgehead atoms. The smallest absolute Gasteiger partial charge is 0.153 e. The van der Waals surface area contributed by atoms with Gasteiger partial charge in [-0.05, 0) is 48.9 Å². The summed E-state index contributed by atoms with van der Waals surface area (Å²) in [5.74, 6) is 1.88. The predicted octanol–water partition coefficient (Wildman–Crippen LogP) is 4.30. The molecule has 0 fully saturated rings. The van der Waals surface area contributed by atoms with E-state index in [4.69, 9.17) is 4.74 Å². The molecule has 2 aromatic carbocycles. The van der Waals surface area contributed by atoms with Gasteiger partial charge < -0.3 is 19.9 Å². The summed E-state index contributed by atoms with van der Waals surface area (Å²) < 4.78 is 6.29. The fraction of sp³-hybridized carbons (Fsp3) is 0.400. The van der Waals surface area contributed by atoms with Crippen molar-refractivity contribution in [2.75, 3.05) is 42.3 Å². The number of aryl methyl sites for hydroxylation is 2. The van der Waals surface area contributed by atoms with Gasteiger partial charge in [-0.2, -0.15) is 0 Å². The fourth-order valence-corrected chi connectivity index (χ4v) is 4.22. The number of hydrogen-bond acceptors (Lipinski definition) is 4. The van der Waals surface area contributed by atoms with E-state index in [0.717, 1.165) is 48.8 Å². The third kappa shape index (κ3) is 2.05. The summed E-state index contributed by atoms with van der Waals surface area (Å²) in [5, 5.41) is 3.61. The van der Waals surface area contributed by atoms with Gasteiger partial charge in [-0.1, -0.05) is 0 Å². The van der Waals surface area contributed by atoms with Gasteiger partial charge in [-0.15, -0.1) is 0 Å². The SMILES string of the molecule is CN1CCCc2cc3c(cc21)Oc1cc2c(cc1N3)CCCN2C. The van der Waals surface area contributed by atoms with E-state index in [0.29, 0.717) is 0 Å². The van der Waals surface area contributed by atoms with Gasteiger partial charge in [0.25, 0.3) is 0 Å². The van der Waals surface area contributed by atoms with E-state index in [1.165, 1.54) is 35.3 Å². The first-order valence-corrected chi connectivity index (χ1v) is 8.90. The number of nitrogens with one attached hydrogen (secondary N) is 1. The van der Waals surface area contributed by atoms with Crippen LogP contribution in [0.2, 0.25) is 0 Å². The summed E-state index contributed by atoms with van der Waals surface area (Å²) in [6.45, 7) is 2.24. The molecule has 24 heavy (non-hydrogen) atoms. The van der Waals surface area contributed by atoms with Crippen LogP contribution in [-0.4, -0.2) is 27.2 Å². The topological polar surface area (TPSA) is 27.7 Å². The van der Waals surface area contributed by atoms with Crippen LogP contribution in [0.4, 0.5) is 22.7 Å². The minimum atomic E-state index is 0.938. The number of benzene rings is 2. The van der Waals surface area contributed by atoms with Gasteiger partial charge in [0.15, 0.2) is 11.5 Å². The normalized spacial score (nSPS) is 17.9. The molecule has 0 atom stereocenters. The predicted molar refractivity (Wildman–Crippen MR) is 99.4 cm³/mol. The van der Waals surface area contributed by atoms with Crippen LogP contribution in [0.1, 0.15) is 24.0 Å². The van der Waals surface area contributed by atoms with Gasteiger partial charge in [-0.25, -0.2) is 0 Å². The second-order valence-electron chi connectivity index (χ2n) is 7.23. The van der Waals surface area contributed by atoms with Gasteiger partial charge in [0, 0.05) is 50.7 Å². The molecule has 0 unspecified atom stereocenters. The van der Waals surface area contributed by atoms with E-state index in [1.54, 1.807) is 0 Å². The van der Waals surface area contributed by atoms with Crippen LogP contribution in [0.15, 0.2) is 24.3 Å². The molecule has 3 aliphatic heterocycles. The Morgan fingerprint density at radius 3 is 1.79 bits per heavy atom. The molecular weight excluding hydrogens is 298 g/mol. The standard InChI is InChI=1S/C20H23N3O/c1-22-7-3-5-13-9-15-19(11-17(13)22)24-20-12-18-14(10-16(20)21-15)6-4-8-23(18)2/h9-12,21H,3-8H2,1-2H3. The summed E-state index contributed by atoms with van der Waals surface area (Å²) in [6, 6.07) is 8.94. The summed E-state index contributed by atoms with van der Waals surface area (Å²) in [6.07, 6.45) is 4.74. The van der Waals surface area contributed by atoms with Crippen LogP contribution in [-0.2, 0) is 12.8 Å². The molecule has 0 aromatic heterocycles. The molecule has 0 amide bonds. The van der Waals surface area contributed by atoms with Crippen LogP contribution >= 0.6 is 0 Å². The number of rotatable bonds is 0. The molecular formula is C20H23N3O. The van der Waals surface area contributed by atoms with Crippen molar-refractivity contribution in [2.45, 2.75) is 25.7 Å². The van der Waals surface area contributed by atoms with E-state index in [9.17, 15) is 0 Å². The van der Waals surface area contributed by atoms with Crippen LogP contribution in [0, 0.1) is 0 Å². The number of fused-ring (bicyclic) bond motifs is 4. The van der Waals surface area contributed by atoms with Crippen molar-refractivity contribution >= 4 is 22.7 Å². The minimum absolute atomic E-state index is 0.938. The van der Waals surface area contributed by atoms with Crippen molar-refractivity contribution in [3.63, 3.8) is 0 Å². The molecule has 0 radical (unpaired) electrons. The van der Waals surface area contributed by atoms with E-state index < -0.39 is 0 Å². The number of ether oxygens (including phenoxy) is 1. The Balaban J connectivity index is 1.58. The Morgan fingerprint density at radius 1 is 0.792 bits per heavy atom. The lowest BCUT2D eigenvalue weighted by Gasteiger charge is -2.33. The maximum Gasteiger partial charge on any atom is 0.153 e. The van der Waals surface area contributed by atoms with Crippen molar-refractivity contribution in [1.82, 2.24) is 0 Å². The second kappa shape index (κ2) is 5.07. The Hall–Kier alpha value is -2.36. The highest BCUT2D eigenvalue weighted by Crippen LogP contribution is 2.48. The third-order valence-electron chi connectivity index (χ3n) is 5.55. The Morgan fingerprint density at radius 2 is 1.29 bits per heavy atom. The van der Waals surface area contributed by atoms with Crippen molar-refractivity contribution < 1.29 is 4.74 Å². The molecule has 0 saturated carbocycles. The first kappa shape index (κ1) is 14.0. The largest absolute Gasteiger partial charge is 0.453 e. The first-order chi connectivity index (χ1) is 11.7. The maximum absolute atomic E-state index is 6.29. The van der Waals surface area contributed by atoms with Crippen LogP contribution < -0.4 is 19.9 Å². The van der Waals surface area contributed by atoms with Gasteiger partial charge >= 0.3 is 0 Å². The van der Waals surface area contributed by atoms with Crippen LogP contribution in [0.3, 0.4) is 0 Å². The van der Waals surface area contributed by atoms with Gasteiger partial charge in [-0.3, -0.25) is 0 Å². The third-order valence-corrected chi connectivity index (χ3v) is 5.55. The molecule has 4 heteroatoms. The highest BCUT2D eigenvalue weighted by Gasteiger charge is 2.25. The van der Waals surface area contributed by atoms with Gasteiger partial charge in [0.05, 0.1) is 11.4 Å². The van der Waals surface area contributed by atoms with E-state index in [-0.39, 0.29) is 0 Å². The summed E-state index contributed by atoms with van der Waals surface area (Å²) in [7, 11) is 4.33. The number of nitrogens with zero attached hydrogens (tertiary/aromatic N) is 2. The van der Waals surface area contributed by atoms with E-state index in [2.05, 4.69) is 53.5 Å². The monoisotopic (exact) mass is 321 g/mol. The van der Waals surface area contributed by atoms with Crippen LogP contribution in [0.5, 0.6) is 11.5 Å². The van der Waals surface area contributed by atoms with E-state index in [1.807, 2.05) is 0 Å². The zero-order chi connectivity index (χ0) is 16.3. The molecule has 4 nitrogen and oxygen atoms in total.